The van der Waals surface area contributed by atoms with E-state index in [4.69, 9.17) is 0 Å². The predicted octanol–water partition coefficient (Wildman–Crippen LogP) is 4.12. The average molecular weight is 410 g/mol. The first-order valence-electron chi connectivity index (χ1n) is 8.59. The van der Waals surface area contributed by atoms with Crippen LogP contribution in [0.15, 0.2) is 47.4 Å². The Bertz CT molecular complexity index is 1140. The van der Waals surface area contributed by atoms with Crippen molar-refractivity contribution in [2.24, 2.45) is 0 Å². The predicted molar refractivity (Wildman–Crippen MR) is 97.5 cm³/mol. The van der Waals surface area contributed by atoms with E-state index in [1.165, 1.54) is 22.5 Å². The molecule has 1 aliphatic heterocycles. The number of hydrogen-bond acceptors (Lipinski definition) is 3. The Balaban J connectivity index is 1.65. The van der Waals surface area contributed by atoms with E-state index < -0.39 is 16.4 Å². The van der Waals surface area contributed by atoms with Crippen LogP contribution in [0.5, 0.6) is 5.75 Å². The third kappa shape index (κ3) is 3.47. The minimum Gasteiger partial charge on any atom is -0.406 e. The molecule has 0 bridgehead atoms. The third-order valence-electron chi connectivity index (χ3n) is 4.80. The lowest BCUT2D eigenvalue weighted by Crippen LogP contribution is -2.35. The number of aryl methyl sites for hydroxylation is 1. The number of ether oxygens (including phenoxy) is 1. The van der Waals surface area contributed by atoms with Crippen molar-refractivity contribution in [3.05, 3.63) is 59.3 Å². The fraction of sp³-hybridized carbons (Fsp3) is 0.263. The highest BCUT2D eigenvalue weighted by atomic mass is 32.2. The van der Waals surface area contributed by atoms with E-state index in [0.29, 0.717) is 23.0 Å². The Labute approximate surface area is 159 Å². The van der Waals surface area contributed by atoms with Crippen molar-refractivity contribution in [2.75, 3.05) is 6.54 Å². The number of sulfonamides is 1. The lowest BCUT2D eigenvalue weighted by Gasteiger charge is -2.26. The lowest BCUT2D eigenvalue weighted by atomic mass is 10.0. The Morgan fingerprint density at radius 2 is 1.82 bits per heavy atom. The maximum absolute atomic E-state index is 12.9. The third-order valence-corrected chi connectivity index (χ3v) is 6.66. The molecule has 5 nitrogen and oxygen atoms in total. The summed E-state index contributed by atoms with van der Waals surface area (Å²) in [5.41, 5.74) is 3.11. The molecule has 4 rings (SSSR count). The van der Waals surface area contributed by atoms with Crippen molar-refractivity contribution in [1.29, 1.82) is 0 Å². The van der Waals surface area contributed by atoms with E-state index in [-0.39, 0.29) is 23.7 Å². The molecule has 0 amide bonds. The first-order chi connectivity index (χ1) is 13.1. The number of H-pyrrole nitrogens is 1. The van der Waals surface area contributed by atoms with Crippen LogP contribution in [0.25, 0.3) is 10.9 Å². The second-order valence-corrected chi connectivity index (χ2v) is 8.68. The van der Waals surface area contributed by atoms with Gasteiger partial charge in [0.2, 0.25) is 10.0 Å². The van der Waals surface area contributed by atoms with Crippen molar-refractivity contribution in [3.63, 3.8) is 0 Å². The summed E-state index contributed by atoms with van der Waals surface area (Å²) in [6.45, 7) is 2.26. The zero-order valence-electron chi connectivity index (χ0n) is 14.9. The van der Waals surface area contributed by atoms with Crippen LogP contribution >= 0.6 is 0 Å². The van der Waals surface area contributed by atoms with Crippen LogP contribution in [0.3, 0.4) is 0 Å². The highest BCUT2D eigenvalue weighted by Gasteiger charge is 2.32. The van der Waals surface area contributed by atoms with E-state index >= 15 is 0 Å². The summed E-state index contributed by atoms with van der Waals surface area (Å²) in [7, 11) is -3.65. The van der Waals surface area contributed by atoms with Gasteiger partial charge >= 0.3 is 6.36 Å². The standard InChI is InChI=1S/C19H17F3N2O3S/c1-12-2-5-14(6-3-12)28(25,26)24-9-8-15-16-10-13(27-19(20,21)22)4-7-17(16)23-18(15)11-24/h2-7,10,23H,8-9,11H2,1H3. The normalized spacial score (nSPS) is 15.6. The van der Waals surface area contributed by atoms with Gasteiger partial charge < -0.3 is 9.72 Å². The van der Waals surface area contributed by atoms with Gasteiger partial charge in [-0.1, -0.05) is 17.7 Å². The van der Waals surface area contributed by atoms with Crippen molar-refractivity contribution < 1.29 is 26.3 Å². The SMILES string of the molecule is Cc1ccc(S(=O)(=O)N2CCc3c([nH]c4ccc(OC(F)(F)F)cc34)C2)cc1. The van der Waals surface area contributed by atoms with Crippen molar-refractivity contribution in [1.82, 2.24) is 9.29 Å². The summed E-state index contributed by atoms with van der Waals surface area (Å²) >= 11 is 0. The molecule has 0 fully saturated rings. The van der Waals surface area contributed by atoms with Gasteiger partial charge in [0, 0.05) is 23.1 Å². The first kappa shape index (κ1) is 18.8. The molecular weight excluding hydrogens is 393 g/mol. The van der Waals surface area contributed by atoms with Crippen LogP contribution < -0.4 is 4.74 Å². The molecule has 0 unspecified atom stereocenters. The molecule has 1 aromatic heterocycles. The molecule has 9 heteroatoms. The van der Waals surface area contributed by atoms with Crippen LogP contribution in [0.2, 0.25) is 0 Å². The number of fused-ring (bicyclic) bond motifs is 3. The number of hydrogen-bond donors (Lipinski definition) is 1. The number of nitrogens with one attached hydrogen (secondary N) is 1. The fourth-order valence-corrected chi connectivity index (χ4v) is 4.87. The minimum atomic E-state index is -4.76. The molecule has 0 spiro atoms. The highest BCUT2D eigenvalue weighted by molar-refractivity contribution is 7.89. The van der Waals surface area contributed by atoms with Crippen LogP contribution in [0.4, 0.5) is 13.2 Å². The zero-order valence-corrected chi connectivity index (χ0v) is 15.7. The maximum atomic E-state index is 12.9. The number of nitrogens with zero attached hydrogens (tertiary/aromatic N) is 1. The number of aromatic amines is 1. The van der Waals surface area contributed by atoms with E-state index in [0.717, 1.165) is 11.1 Å². The van der Waals surface area contributed by atoms with Gasteiger partial charge in [0.25, 0.3) is 0 Å². The second kappa shape index (κ2) is 6.52. The zero-order chi connectivity index (χ0) is 20.1. The number of aromatic nitrogens is 1. The van der Waals surface area contributed by atoms with Gasteiger partial charge in [0.1, 0.15) is 5.75 Å². The van der Waals surface area contributed by atoms with Gasteiger partial charge in [-0.2, -0.15) is 4.31 Å². The lowest BCUT2D eigenvalue weighted by molar-refractivity contribution is -0.274. The Hall–Kier alpha value is -2.52. The smallest absolute Gasteiger partial charge is 0.406 e. The number of rotatable bonds is 3. The summed E-state index contributed by atoms with van der Waals surface area (Å²) in [4.78, 5) is 3.35. The molecule has 0 aliphatic carbocycles. The Kier molecular flexibility index (Phi) is 4.39. The summed E-state index contributed by atoms with van der Waals surface area (Å²) in [6, 6.07) is 10.7. The molecule has 148 valence electrons. The molecule has 1 N–H and O–H groups in total. The molecule has 0 atom stereocenters. The fourth-order valence-electron chi connectivity index (χ4n) is 3.46. The molecule has 0 saturated carbocycles. The van der Waals surface area contributed by atoms with Crippen LogP contribution in [0, 0.1) is 6.92 Å². The van der Waals surface area contributed by atoms with Gasteiger partial charge in [0.15, 0.2) is 0 Å². The molecule has 2 heterocycles. The summed E-state index contributed by atoms with van der Waals surface area (Å²) in [5, 5.41) is 0.615. The quantitative estimate of drug-likeness (QED) is 0.707. The maximum Gasteiger partial charge on any atom is 0.573 e. The molecular formula is C19H17F3N2O3S. The van der Waals surface area contributed by atoms with Gasteiger partial charge in [-0.25, -0.2) is 8.42 Å². The Morgan fingerprint density at radius 1 is 1.11 bits per heavy atom. The second-order valence-electron chi connectivity index (χ2n) is 6.74. The number of halogens is 3. The van der Waals surface area contributed by atoms with Gasteiger partial charge in [0.05, 0.1) is 11.4 Å². The topological polar surface area (TPSA) is 62.4 Å². The van der Waals surface area contributed by atoms with Crippen molar-refractivity contribution >= 4 is 20.9 Å². The van der Waals surface area contributed by atoms with Gasteiger partial charge in [-0.05, 0) is 49.2 Å². The molecule has 0 radical (unpaired) electrons. The van der Waals surface area contributed by atoms with Gasteiger partial charge in [-0.15, -0.1) is 13.2 Å². The highest BCUT2D eigenvalue weighted by Crippen LogP contribution is 2.33. The first-order valence-corrected chi connectivity index (χ1v) is 10.0. The average Bonchev–Trinajstić information content (AvgIpc) is 2.98. The molecule has 3 aromatic rings. The minimum absolute atomic E-state index is 0.135. The molecule has 28 heavy (non-hydrogen) atoms. The van der Waals surface area contributed by atoms with E-state index in [2.05, 4.69) is 9.72 Å². The van der Waals surface area contributed by atoms with Crippen molar-refractivity contribution in [2.45, 2.75) is 31.1 Å². The van der Waals surface area contributed by atoms with E-state index in [1.807, 2.05) is 6.92 Å². The van der Waals surface area contributed by atoms with Crippen molar-refractivity contribution in [3.8, 4) is 5.75 Å². The number of benzene rings is 2. The number of alkyl halides is 3. The summed E-state index contributed by atoms with van der Waals surface area (Å²) in [6.07, 6.45) is -4.36. The summed E-state index contributed by atoms with van der Waals surface area (Å²) in [5.74, 6) is -0.295. The molecule has 0 saturated heterocycles. The van der Waals surface area contributed by atoms with Crippen LogP contribution in [0.1, 0.15) is 16.8 Å². The van der Waals surface area contributed by atoms with Gasteiger partial charge in [-0.3, -0.25) is 0 Å². The van der Waals surface area contributed by atoms with Crippen LogP contribution in [-0.2, 0) is 23.0 Å². The molecule has 2 aromatic carbocycles. The summed E-state index contributed by atoms with van der Waals surface area (Å²) < 4.78 is 68.6. The van der Waals surface area contributed by atoms with Crippen LogP contribution in [-0.4, -0.2) is 30.6 Å². The largest absolute Gasteiger partial charge is 0.573 e. The molecule has 1 aliphatic rings. The van der Waals surface area contributed by atoms with E-state index in [1.54, 1.807) is 24.3 Å². The van der Waals surface area contributed by atoms with E-state index in [9.17, 15) is 21.6 Å². The Morgan fingerprint density at radius 3 is 2.50 bits per heavy atom. The monoisotopic (exact) mass is 410 g/mol.